The molecule has 9 heteroatoms. The highest BCUT2D eigenvalue weighted by atomic mass is 35.5. The van der Waals surface area contributed by atoms with Gasteiger partial charge in [-0.3, -0.25) is 4.55 Å². The van der Waals surface area contributed by atoms with Crippen LogP contribution in [-0.4, -0.2) is 32.9 Å². The van der Waals surface area contributed by atoms with E-state index in [1.54, 1.807) is 18.2 Å². The largest absolute Gasteiger partial charge is 0.359 e. The van der Waals surface area contributed by atoms with Crippen LogP contribution in [0.5, 0.6) is 0 Å². The van der Waals surface area contributed by atoms with Crippen molar-refractivity contribution in [2.45, 2.75) is 38.3 Å². The summed E-state index contributed by atoms with van der Waals surface area (Å²) in [5.41, 5.74) is 0.449. The van der Waals surface area contributed by atoms with E-state index in [-0.39, 0.29) is 6.79 Å². The van der Waals surface area contributed by atoms with Crippen LogP contribution in [0.1, 0.15) is 37.9 Å². The maximum Gasteiger partial charge on any atom is 0.333 e. The molecule has 2 atom stereocenters. The predicted molar refractivity (Wildman–Crippen MR) is 90.2 cm³/mol. The molecule has 132 valence electrons. The monoisotopic (exact) mass is 385 g/mol. The molecule has 1 aromatic carbocycles. The third-order valence-electron chi connectivity index (χ3n) is 3.18. The minimum atomic E-state index is -4.41. The minimum absolute atomic E-state index is 0.0813. The number of rotatable bonds is 10. The van der Waals surface area contributed by atoms with Crippen molar-refractivity contribution in [3.05, 3.63) is 33.8 Å². The highest BCUT2D eigenvalue weighted by Gasteiger charge is 2.30. The van der Waals surface area contributed by atoms with Gasteiger partial charge in [-0.2, -0.15) is 13.1 Å². The molecular weight excluding hydrogens is 365 g/mol. The third-order valence-corrected chi connectivity index (χ3v) is 4.44. The van der Waals surface area contributed by atoms with Crippen molar-refractivity contribution in [3.63, 3.8) is 0 Å². The molecule has 0 amide bonds. The summed E-state index contributed by atoms with van der Waals surface area (Å²) in [6, 6.07) is 4.21. The third kappa shape index (κ3) is 6.93. The summed E-state index contributed by atoms with van der Waals surface area (Å²) in [7, 11) is -2.97. The van der Waals surface area contributed by atoms with Crippen LogP contribution in [0.15, 0.2) is 18.2 Å². The van der Waals surface area contributed by atoms with Crippen LogP contribution in [0.2, 0.25) is 10.0 Å². The zero-order valence-corrected chi connectivity index (χ0v) is 15.3. The first kappa shape index (κ1) is 20.6. The zero-order chi connectivity index (χ0) is 17.5. The zero-order valence-electron chi connectivity index (χ0n) is 13.0. The molecule has 0 bridgehead atoms. The molecule has 0 radical (unpaired) electrons. The van der Waals surface area contributed by atoms with Crippen LogP contribution in [0.25, 0.3) is 0 Å². The summed E-state index contributed by atoms with van der Waals surface area (Å²) >= 11 is 12.4. The van der Waals surface area contributed by atoms with Gasteiger partial charge in [0.2, 0.25) is 0 Å². The Morgan fingerprint density at radius 2 is 1.91 bits per heavy atom. The number of methoxy groups -OCH3 is 1. The van der Waals surface area contributed by atoms with Gasteiger partial charge in [-0.1, -0.05) is 49.0 Å². The summed E-state index contributed by atoms with van der Waals surface area (Å²) in [5.74, 6) is 0. The molecule has 0 unspecified atom stereocenters. The van der Waals surface area contributed by atoms with E-state index in [4.69, 9.17) is 37.2 Å². The van der Waals surface area contributed by atoms with E-state index in [0.29, 0.717) is 22.0 Å². The van der Waals surface area contributed by atoms with Crippen LogP contribution >= 0.6 is 23.2 Å². The van der Waals surface area contributed by atoms with Gasteiger partial charge >= 0.3 is 10.3 Å². The Labute approximate surface area is 146 Å². The highest BCUT2D eigenvalue weighted by molar-refractivity contribution is 7.83. The fourth-order valence-electron chi connectivity index (χ4n) is 2.21. The lowest BCUT2D eigenvalue weighted by atomic mass is 9.98. The molecule has 0 aliphatic carbocycles. The van der Waals surface area contributed by atoms with Gasteiger partial charge in [0.15, 0.2) is 0 Å². The molecule has 0 fully saturated rings. The second-order valence-corrected chi connectivity index (χ2v) is 6.97. The van der Waals surface area contributed by atoms with Crippen molar-refractivity contribution < 1.29 is 22.4 Å². The van der Waals surface area contributed by atoms with Crippen molar-refractivity contribution in [2.24, 2.45) is 0 Å². The van der Waals surface area contributed by atoms with E-state index in [2.05, 4.69) is 4.72 Å². The SMILES string of the molecule is CCCC[C@H](NS(=O)(=O)O)[C@@H](OCOC)c1c(Cl)cccc1Cl. The number of unbranched alkanes of at least 4 members (excludes halogenated alkanes) is 1. The van der Waals surface area contributed by atoms with E-state index >= 15 is 0 Å². The van der Waals surface area contributed by atoms with Gasteiger partial charge < -0.3 is 9.47 Å². The van der Waals surface area contributed by atoms with E-state index in [0.717, 1.165) is 12.8 Å². The topological polar surface area (TPSA) is 84.9 Å². The van der Waals surface area contributed by atoms with Crippen molar-refractivity contribution in [1.82, 2.24) is 4.72 Å². The standard InChI is InChI=1S/C14H21Cl2NO5S/c1-3-4-8-12(17-23(18,19)20)14(22-9-21-2)13-10(15)6-5-7-11(13)16/h5-7,12,14,17H,3-4,8-9H2,1-2H3,(H,18,19,20)/t12-,14+/m0/s1. The van der Waals surface area contributed by atoms with Gasteiger partial charge in [0.25, 0.3) is 0 Å². The summed E-state index contributed by atoms with van der Waals surface area (Å²) < 4.78 is 44.4. The maximum absolute atomic E-state index is 11.3. The molecule has 1 rings (SSSR count). The van der Waals surface area contributed by atoms with Gasteiger partial charge in [-0.15, -0.1) is 0 Å². The van der Waals surface area contributed by atoms with E-state index in [1.165, 1.54) is 7.11 Å². The lowest BCUT2D eigenvalue weighted by Gasteiger charge is -2.28. The number of benzene rings is 1. The number of hydrogen-bond donors (Lipinski definition) is 2. The van der Waals surface area contributed by atoms with Gasteiger partial charge in [-0.25, -0.2) is 0 Å². The van der Waals surface area contributed by atoms with E-state index in [9.17, 15) is 8.42 Å². The molecule has 0 heterocycles. The summed E-state index contributed by atoms with van der Waals surface area (Å²) in [4.78, 5) is 0. The lowest BCUT2D eigenvalue weighted by Crippen LogP contribution is -2.40. The first-order valence-corrected chi connectivity index (χ1v) is 9.29. The Hall–Kier alpha value is -0.410. The Bertz CT molecular complexity index is 577. The molecule has 2 N–H and O–H groups in total. The molecule has 23 heavy (non-hydrogen) atoms. The Morgan fingerprint density at radius 3 is 2.39 bits per heavy atom. The van der Waals surface area contributed by atoms with Gasteiger partial charge in [0.05, 0.1) is 6.04 Å². The van der Waals surface area contributed by atoms with E-state index in [1.807, 2.05) is 6.92 Å². The van der Waals surface area contributed by atoms with Crippen molar-refractivity contribution >= 4 is 33.5 Å². The molecule has 0 saturated heterocycles. The average molecular weight is 386 g/mol. The second kappa shape index (κ2) is 9.78. The highest BCUT2D eigenvalue weighted by Crippen LogP contribution is 2.35. The van der Waals surface area contributed by atoms with Crippen LogP contribution < -0.4 is 4.72 Å². The van der Waals surface area contributed by atoms with Crippen LogP contribution in [0.4, 0.5) is 0 Å². The molecule has 0 saturated carbocycles. The quantitative estimate of drug-likeness (QED) is 0.474. The second-order valence-electron chi connectivity index (χ2n) is 4.97. The average Bonchev–Trinajstić information content (AvgIpc) is 2.45. The predicted octanol–water partition coefficient (Wildman–Crippen LogP) is 3.61. The molecule has 0 aliphatic heterocycles. The maximum atomic E-state index is 11.3. The number of ether oxygens (including phenoxy) is 2. The van der Waals surface area contributed by atoms with Crippen LogP contribution in [0.3, 0.4) is 0 Å². The lowest BCUT2D eigenvalue weighted by molar-refractivity contribution is -0.0842. The molecule has 0 spiro atoms. The number of halogens is 2. The molecule has 0 aromatic heterocycles. The fraction of sp³-hybridized carbons (Fsp3) is 0.571. The van der Waals surface area contributed by atoms with Crippen molar-refractivity contribution in [2.75, 3.05) is 13.9 Å². The van der Waals surface area contributed by atoms with Gasteiger partial charge in [-0.05, 0) is 18.6 Å². The summed E-state index contributed by atoms with van der Waals surface area (Å²) in [5, 5.41) is 0.689. The van der Waals surface area contributed by atoms with Gasteiger partial charge in [0, 0.05) is 22.7 Å². The fourth-order valence-corrected chi connectivity index (χ4v) is 3.45. The Kier molecular flexibility index (Phi) is 8.78. The normalized spacial score (nSPS) is 14.7. The Morgan fingerprint density at radius 1 is 1.30 bits per heavy atom. The molecule has 0 aliphatic rings. The van der Waals surface area contributed by atoms with E-state index < -0.39 is 22.4 Å². The van der Waals surface area contributed by atoms with Crippen molar-refractivity contribution in [1.29, 1.82) is 0 Å². The van der Waals surface area contributed by atoms with Crippen LogP contribution in [-0.2, 0) is 19.8 Å². The molecular formula is C14H21Cl2NO5S. The molecule has 6 nitrogen and oxygen atoms in total. The Balaban J connectivity index is 3.22. The first-order valence-electron chi connectivity index (χ1n) is 7.09. The minimum Gasteiger partial charge on any atom is -0.359 e. The smallest absolute Gasteiger partial charge is 0.333 e. The van der Waals surface area contributed by atoms with Crippen molar-refractivity contribution in [3.8, 4) is 0 Å². The first-order chi connectivity index (χ1) is 10.8. The summed E-state index contributed by atoms with van der Waals surface area (Å²) in [6.07, 6.45) is 1.20. The number of hydrogen-bond acceptors (Lipinski definition) is 4. The van der Waals surface area contributed by atoms with Crippen LogP contribution in [0, 0.1) is 0 Å². The molecule has 1 aromatic rings. The van der Waals surface area contributed by atoms with Gasteiger partial charge in [0.1, 0.15) is 12.9 Å². The number of nitrogens with one attached hydrogen (secondary N) is 1. The summed E-state index contributed by atoms with van der Waals surface area (Å²) in [6.45, 7) is 1.89.